The Morgan fingerprint density at radius 3 is 1.50 bits per heavy atom. The van der Waals surface area contributed by atoms with E-state index >= 15 is 0 Å². The summed E-state index contributed by atoms with van der Waals surface area (Å²) < 4.78 is 0. The zero-order chi connectivity index (χ0) is 12.6. The third-order valence-corrected chi connectivity index (χ3v) is 3.15. The lowest BCUT2D eigenvalue weighted by molar-refractivity contribution is -0.0601. The Labute approximate surface area is 95.8 Å². The van der Waals surface area contributed by atoms with E-state index < -0.39 is 5.41 Å². The van der Waals surface area contributed by atoms with Gasteiger partial charge in [0, 0.05) is 19.1 Å². The lowest BCUT2D eigenvalue weighted by atomic mass is 9.82. The molecule has 5 N–H and O–H groups in total. The van der Waals surface area contributed by atoms with Crippen LogP contribution in [0.15, 0.2) is 0 Å². The number of aliphatic hydroxyl groups excluding tert-OH is 5. The number of rotatable bonds is 9. The molecule has 6 heteroatoms. The van der Waals surface area contributed by atoms with Gasteiger partial charge in [0.2, 0.25) is 0 Å². The fourth-order valence-corrected chi connectivity index (χ4v) is 1.69. The first-order chi connectivity index (χ1) is 7.61. The standard InChI is InChI=1S/C10H23NO5/c1-9(10(6-14,7-15)8-16)11(2-4-12)3-5-13/h9,12-16H,2-8H2,1H3. The van der Waals surface area contributed by atoms with Crippen molar-refractivity contribution in [2.24, 2.45) is 5.41 Å². The van der Waals surface area contributed by atoms with Crippen molar-refractivity contribution >= 4 is 0 Å². The minimum atomic E-state index is -1.02. The van der Waals surface area contributed by atoms with E-state index in [9.17, 15) is 15.3 Å². The lowest BCUT2D eigenvalue weighted by Crippen LogP contribution is -2.53. The van der Waals surface area contributed by atoms with E-state index in [1.54, 1.807) is 11.8 Å². The van der Waals surface area contributed by atoms with Gasteiger partial charge in [-0.2, -0.15) is 0 Å². The summed E-state index contributed by atoms with van der Waals surface area (Å²) >= 11 is 0. The van der Waals surface area contributed by atoms with Crippen molar-refractivity contribution < 1.29 is 25.5 Å². The van der Waals surface area contributed by atoms with Crippen LogP contribution in [0.25, 0.3) is 0 Å². The molecule has 0 fully saturated rings. The average molecular weight is 237 g/mol. The Kier molecular flexibility index (Phi) is 7.82. The quantitative estimate of drug-likeness (QED) is 0.307. The Bertz CT molecular complexity index is 160. The molecule has 98 valence electrons. The predicted molar refractivity (Wildman–Crippen MR) is 58.9 cm³/mol. The number of nitrogens with zero attached hydrogens (tertiary/aromatic N) is 1. The van der Waals surface area contributed by atoms with E-state index in [1.165, 1.54) is 0 Å². The number of hydrogen-bond donors (Lipinski definition) is 5. The van der Waals surface area contributed by atoms with E-state index in [0.717, 1.165) is 0 Å². The summed E-state index contributed by atoms with van der Waals surface area (Å²) in [5.74, 6) is 0. The fourth-order valence-electron chi connectivity index (χ4n) is 1.69. The van der Waals surface area contributed by atoms with Crippen LogP contribution in [0.2, 0.25) is 0 Å². The van der Waals surface area contributed by atoms with Crippen molar-refractivity contribution in [1.29, 1.82) is 0 Å². The molecule has 0 heterocycles. The first-order valence-corrected chi connectivity index (χ1v) is 5.40. The monoisotopic (exact) mass is 237 g/mol. The maximum atomic E-state index is 9.26. The molecule has 0 amide bonds. The SMILES string of the molecule is CC(N(CCO)CCO)C(CO)(CO)CO. The lowest BCUT2D eigenvalue weighted by Gasteiger charge is -2.41. The van der Waals surface area contributed by atoms with Crippen LogP contribution in [0.5, 0.6) is 0 Å². The van der Waals surface area contributed by atoms with Crippen molar-refractivity contribution in [2.45, 2.75) is 13.0 Å². The molecule has 0 radical (unpaired) electrons. The third-order valence-electron chi connectivity index (χ3n) is 3.15. The summed E-state index contributed by atoms with van der Waals surface area (Å²) in [5.41, 5.74) is -1.02. The third kappa shape index (κ3) is 3.65. The molecule has 0 aliphatic heterocycles. The van der Waals surface area contributed by atoms with Gasteiger partial charge in [0.25, 0.3) is 0 Å². The summed E-state index contributed by atoms with van der Waals surface area (Å²) in [4.78, 5) is 1.72. The van der Waals surface area contributed by atoms with Crippen molar-refractivity contribution in [3.63, 3.8) is 0 Å². The van der Waals surface area contributed by atoms with Gasteiger partial charge in [-0.3, -0.25) is 4.90 Å². The van der Waals surface area contributed by atoms with Gasteiger partial charge in [-0.25, -0.2) is 0 Å². The van der Waals surface area contributed by atoms with Crippen LogP contribution in [0.3, 0.4) is 0 Å². The summed E-state index contributed by atoms with van der Waals surface area (Å²) in [6.45, 7) is 1.17. The van der Waals surface area contributed by atoms with E-state index in [-0.39, 0.29) is 39.1 Å². The Hall–Kier alpha value is -0.240. The van der Waals surface area contributed by atoms with Crippen molar-refractivity contribution in [3.05, 3.63) is 0 Å². The molecule has 0 saturated heterocycles. The second kappa shape index (κ2) is 7.94. The normalized spacial score (nSPS) is 14.4. The van der Waals surface area contributed by atoms with Crippen LogP contribution in [0, 0.1) is 5.41 Å². The maximum Gasteiger partial charge on any atom is 0.0558 e. The molecule has 6 nitrogen and oxygen atoms in total. The summed E-state index contributed by atoms with van der Waals surface area (Å²) in [6.07, 6.45) is 0. The molecule has 0 aromatic heterocycles. The van der Waals surface area contributed by atoms with Crippen LogP contribution in [-0.4, -0.2) is 82.6 Å². The fraction of sp³-hybridized carbons (Fsp3) is 1.00. The van der Waals surface area contributed by atoms with Crippen LogP contribution < -0.4 is 0 Å². The molecule has 1 unspecified atom stereocenters. The topological polar surface area (TPSA) is 104 Å². The molecule has 0 aliphatic carbocycles. The van der Waals surface area contributed by atoms with Crippen LogP contribution in [-0.2, 0) is 0 Å². The summed E-state index contributed by atoms with van der Waals surface area (Å²) in [5, 5.41) is 45.6. The predicted octanol–water partition coefficient (Wildman–Crippen LogP) is -2.38. The average Bonchev–Trinajstić information content (AvgIpc) is 2.31. The van der Waals surface area contributed by atoms with E-state index in [1.807, 2.05) is 0 Å². The van der Waals surface area contributed by atoms with Crippen molar-refractivity contribution in [1.82, 2.24) is 4.90 Å². The van der Waals surface area contributed by atoms with Crippen LogP contribution in [0.1, 0.15) is 6.92 Å². The van der Waals surface area contributed by atoms with E-state index in [2.05, 4.69) is 0 Å². The van der Waals surface area contributed by atoms with Gasteiger partial charge in [-0.05, 0) is 6.92 Å². The first kappa shape index (κ1) is 15.8. The summed E-state index contributed by atoms with van der Waals surface area (Å²) in [6, 6.07) is -0.341. The second-order valence-electron chi connectivity index (χ2n) is 4.00. The van der Waals surface area contributed by atoms with Crippen molar-refractivity contribution in [2.75, 3.05) is 46.1 Å². The van der Waals surface area contributed by atoms with Gasteiger partial charge in [-0.1, -0.05) is 0 Å². The van der Waals surface area contributed by atoms with Gasteiger partial charge < -0.3 is 25.5 Å². The molecule has 1 atom stereocenters. The Morgan fingerprint density at radius 2 is 1.25 bits per heavy atom. The van der Waals surface area contributed by atoms with Crippen LogP contribution >= 0.6 is 0 Å². The molecule has 0 spiro atoms. The molecular formula is C10H23NO5. The number of aliphatic hydroxyl groups is 5. The first-order valence-electron chi connectivity index (χ1n) is 5.40. The molecular weight excluding hydrogens is 214 g/mol. The molecule has 0 aliphatic rings. The smallest absolute Gasteiger partial charge is 0.0558 e. The van der Waals surface area contributed by atoms with Gasteiger partial charge in [0.1, 0.15) is 0 Å². The highest BCUT2D eigenvalue weighted by atomic mass is 16.3. The number of hydrogen-bond acceptors (Lipinski definition) is 6. The molecule has 16 heavy (non-hydrogen) atoms. The van der Waals surface area contributed by atoms with E-state index in [0.29, 0.717) is 13.1 Å². The van der Waals surface area contributed by atoms with Gasteiger partial charge in [0.15, 0.2) is 0 Å². The largest absolute Gasteiger partial charge is 0.396 e. The minimum absolute atomic E-state index is 0.0806. The van der Waals surface area contributed by atoms with E-state index in [4.69, 9.17) is 10.2 Å². The zero-order valence-electron chi connectivity index (χ0n) is 9.71. The van der Waals surface area contributed by atoms with Gasteiger partial charge in [-0.15, -0.1) is 0 Å². The molecule has 0 rings (SSSR count). The highest BCUT2D eigenvalue weighted by molar-refractivity contribution is 4.89. The highest BCUT2D eigenvalue weighted by Gasteiger charge is 2.37. The molecule has 0 aromatic rings. The van der Waals surface area contributed by atoms with Gasteiger partial charge >= 0.3 is 0 Å². The zero-order valence-corrected chi connectivity index (χ0v) is 9.71. The second-order valence-corrected chi connectivity index (χ2v) is 4.00. The van der Waals surface area contributed by atoms with Crippen LogP contribution in [0.4, 0.5) is 0 Å². The Morgan fingerprint density at radius 1 is 0.875 bits per heavy atom. The highest BCUT2D eigenvalue weighted by Crippen LogP contribution is 2.24. The summed E-state index contributed by atoms with van der Waals surface area (Å²) in [7, 11) is 0. The minimum Gasteiger partial charge on any atom is -0.396 e. The van der Waals surface area contributed by atoms with Gasteiger partial charge in [0.05, 0.1) is 38.4 Å². The Balaban J connectivity index is 4.70. The molecule has 0 bridgehead atoms. The maximum absolute atomic E-state index is 9.26. The van der Waals surface area contributed by atoms with Crippen molar-refractivity contribution in [3.8, 4) is 0 Å². The molecule has 0 saturated carbocycles. The molecule has 0 aromatic carbocycles.